The number of benzene rings is 1. The molecule has 1 aromatic carbocycles. The average Bonchev–Trinajstić information content (AvgIpc) is 3.09. The molecule has 6 nitrogen and oxygen atoms in total. The maximum atomic E-state index is 12.3. The first-order valence-corrected chi connectivity index (χ1v) is 7.63. The summed E-state index contributed by atoms with van der Waals surface area (Å²) in [7, 11) is 0. The van der Waals surface area contributed by atoms with Crippen LogP contribution >= 0.6 is 0 Å². The predicted octanol–water partition coefficient (Wildman–Crippen LogP) is 2.36. The van der Waals surface area contributed by atoms with Gasteiger partial charge in [0.15, 0.2) is 0 Å². The molecule has 0 aliphatic rings. The molecule has 122 valence electrons. The van der Waals surface area contributed by atoms with Gasteiger partial charge in [-0.2, -0.15) is 0 Å². The summed E-state index contributed by atoms with van der Waals surface area (Å²) in [4.78, 5) is 30.8. The summed E-state index contributed by atoms with van der Waals surface area (Å²) in [6.07, 6.45) is 5.31. The minimum Gasteiger partial charge on any atom is -0.345 e. The van der Waals surface area contributed by atoms with Gasteiger partial charge in [0, 0.05) is 23.8 Å². The molecule has 2 N–H and O–H groups in total. The van der Waals surface area contributed by atoms with Gasteiger partial charge in [0.25, 0.3) is 11.5 Å². The summed E-state index contributed by atoms with van der Waals surface area (Å²) in [5, 5.41) is 2.85. The number of rotatable bonds is 4. The average molecular weight is 322 g/mol. The van der Waals surface area contributed by atoms with Crippen molar-refractivity contribution >= 4 is 5.91 Å². The van der Waals surface area contributed by atoms with Crippen molar-refractivity contribution in [1.82, 2.24) is 19.9 Å². The van der Waals surface area contributed by atoms with Crippen molar-refractivity contribution in [2.45, 2.75) is 19.9 Å². The van der Waals surface area contributed by atoms with Crippen LogP contribution in [0.5, 0.6) is 0 Å². The minimum absolute atomic E-state index is 0.113. The number of aryl methyl sites for hydroxylation is 1. The molecule has 1 atom stereocenters. The molecular formula is C18H18N4O2. The van der Waals surface area contributed by atoms with Crippen LogP contribution in [0.3, 0.4) is 0 Å². The summed E-state index contributed by atoms with van der Waals surface area (Å²) in [6, 6.07) is 10.8. The Morgan fingerprint density at radius 1 is 1.21 bits per heavy atom. The van der Waals surface area contributed by atoms with Crippen LogP contribution in [-0.4, -0.2) is 20.4 Å². The van der Waals surface area contributed by atoms with E-state index in [4.69, 9.17) is 0 Å². The normalized spacial score (nSPS) is 11.9. The number of aromatic nitrogens is 3. The highest BCUT2D eigenvalue weighted by atomic mass is 16.2. The lowest BCUT2D eigenvalue weighted by atomic mass is 10.1. The number of amides is 1. The molecule has 24 heavy (non-hydrogen) atoms. The van der Waals surface area contributed by atoms with Crippen molar-refractivity contribution in [3.05, 3.63) is 82.3 Å². The van der Waals surface area contributed by atoms with Crippen LogP contribution in [0.1, 0.15) is 34.6 Å². The van der Waals surface area contributed by atoms with Gasteiger partial charge in [-0.3, -0.25) is 9.59 Å². The van der Waals surface area contributed by atoms with E-state index in [1.807, 2.05) is 42.0 Å². The van der Waals surface area contributed by atoms with Crippen LogP contribution in [0, 0.1) is 6.92 Å². The summed E-state index contributed by atoms with van der Waals surface area (Å²) in [5.41, 5.74) is 2.40. The highest BCUT2D eigenvalue weighted by molar-refractivity contribution is 5.94. The molecule has 3 aromatic rings. The first-order valence-electron chi connectivity index (χ1n) is 7.63. The maximum absolute atomic E-state index is 12.3. The number of H-pyrrole nitrogens is 1. The van der Waals surface area contributed by atoms with Gasteiger partial charge in [-0.15, -0.1) is 0 Å². The number of aromatic amines is 1. The third-order valence-corrected chi connectivity index (χ3v) is 3.84. The largest absolute Gasteiger partial charge is 0.345 e. The predicted molar refractivity (Wildman–Crippen MR) is 91.2 cm³/mol. The number of carbonyl (C=O) groups excluding carboxylic acids is 1. The Bertz CT molecular complexity index is 896. The zero-order valence-corrected chi connectivity index (χ0v) is 13.5. The summed E-state index contributed by atoms with van der Waals surface area (Å²) in [6.45, 7) is 3.65. The van der Waals surface area contributed by atoms with Crippen LogP contribution in [0.25, 0.3) is 5.69 Å². The van der Waals surface area contributed by atoms with Gasteiger partial charge >= 0.3 is 0 Å². The standard InChI is InChI=1S/C18H18N4O2/c1-12-3-8-16(17(23)20-12)18(24)21-13(2)14-4-6-15(7-5-14)22-10-9-19-11-22/h3-11,13H,1-2H3,(H,20,23)(H,21,24)/t13-/m1/s1. The summed E-state index contributed by atoms with van der Waals surface area (Å²) in [5.74, 6) is -0.387. The molecule has 0 saturated carbocycles. The van der Waals surface area contributed by atoms with Gasteiger partial charge in [0.05, 0.1) is 12.4 Å². The highest BCUT2D eigenvalue weighted by Gasteiger charge is 2.14. The summed E-state index contributed by atoms with van der Waals surface area (Å²) >= 11 is 0. The molecule has 0 radical (unpaired) electrons. The molecular weight excluding hydrogens is 304 g/mol. The van der Waals surface area contributed by atoms with Crippen molar-refractivity contribution < 1.29 is 4.79 Å². The van der Waals surface area contributed by atoms with E-state index < -0.39 is 0 Å². The number of pyridine rings is 1. The Morgan fingerprint density at radius 2 is 1.96 bits per heavy atom. The molecule has 0 bridgehead atoms. The van der Waals surface area contributed by atoms with E-state index in [0.29, 0.717) is 0 Å². The second-order valence-corrected chi connectivity index (χ2v) is 5.64. The molecule has 6 heteroatoms. The Morgan fingerprint density at radius 3 is 2.58 bits per heavy atom. The van der Waals surface area contributed by atoms with Crippen LogP contribution < -0.4 is 10.9 Å². The first-order chi connectivity index (χ1) is 11.5. The van der Waals surface area contributed by atoms with Gasteiger partial charge in [-0.1, -0.05) is 12.1 Å². The number of imidazole rings is 1. The fourth-order valence-electron chi connectivity index (χ4n) is 2.46. The molecule has 0 aliphatic heterocycles. The molecule has 0 unspecified atom stereocenters. The first kappa shape index (κ1) is 15.7. The number of hydrogen-bond donors (Lipinski definition) is 2. The van der Waals surface area contributed by atoms with Crippen molar-refractivity contribution in [3.8, 4) is 5.69 Å². The molecule has 0 aliphatic carbocycles. The van der Waals surface area contributed by atoms with Gasteiger partial charge in [0.1, 0.15) is 5.56 Å². The third kappa shape index (κ3) is 3.27. The SMILES string of the molecule is Cc1ccc(C(=O)N[C@H](C)c2ccc(-n3ccnc3)cc2)c(=O)[nH]1. The lowest BCUT2D eigenvalue weighted by Crippen LogP contribution is -2.31. The van der Waals surface area contributed by atoms with E-state index >= 15 is 0 Å². The van der Waals surface area contributed by atoms with Crippen molar-refractivity contribution in [2.24, 2.45) is 0 Å². The van der Waals surface area contributed by atoms with Gasteiger partial charge in [-0.05, 0) is 43.7 Å². The van der Waals surface area contributed by atoms with Gasteiger partial charge < -0.3 is 14.9 Å². The minimum atomic E-state index is -0.387. The zero-order chi connectivity index (χ0) is 17.1. The summed E-state index contributed by atoms with van der Waals surface area (Å²) < 4.78 is 1.90. The number of nitrogens with zero attached hydrogens (tertiary/aromatic N) is 2. The van der Waals surface area contributed by atoms with E-state index in [2.05, 4.69) is 15.3 Å². The Labute approximate surface area is 139 Å². The number of carbonyl (C=O) groups is 1. The molecule has 2 heterocycles. The second-order valence-electron chi connectivity index (χ2n) is 5.64. The lowest BCUT2D eigenvalue weighted by Gasteiger charge is -2.15. The lowest BCUT2D eigenvalue weighted by molar-refractivity contribution is 0.0938. The number of nitrogens with one attached hydrogen (secondary N) is 2. The number of hydrogen-bond acceptors (Lipinski definition) is 3. The molecule has 3 rings (SSSR count). The van der Waals surface area contributed by atoms with Crippen LogP contribution in [0.2, 0.25) is 0 Å². The molecule has 2 aromatic heterocycles. The molecule has 1 amide bonds. The second kappa shape index (κ2) is 6.54. The van der Waals surface area contributed by atoms with Crippen LogP contribution in [0.4, 0.5) is 0 Å². The Kier molecular flexibility index (Phi) is 4.29. The fraction of sp³-hybridized carbons (Fsp3) is 0.167. The van der Waals surface area contributed by atoms with Crippen LogP contribution in [0.15, 0.2) is 59.9 Å². The molecule has 0 saturated heterocycles. The monoisotopic (exact) mass is 322 g/mol. The topological polar surface area (TPSA) is 79.8 Å². The zero-order valence-electron chi connectivity index (χ0n) is 13.5. The van der Waals surface area contributed by atoms with Crippen molar-refractivity contribution in [2.75, 3.05) is 0 Å². The van der Waals surface area contributed by atoms with E-state index in [9.17, 15) is 9.59 Å². The van der Waals surface area contributed by atoms with E-state index in [0.717, 1.165) is 16.9 Å². The highest BCUT2D eigenvalue weighted by Crippen LogP contribution is 2.16. The smallest absolute Gasteiger partial charge is 0.260 e. The Hall–Kier alpha value is -3.15. The molecule has 0 spiro atoms. The van der Waals surface area contributed by atoms with Crippen molar-refractivity contribution in [3.63, 3.8) is 0 Å². The van der Waals surface area contributed by atoms with E-state index in [-0.39, 0.29) is 23.1 Å². The van der Waals surface area contributed by atoms with E-state index in [1.54, 1.807) is 31.6 Å². The quantitative estimate of drug-likeness (QED) is 0.774. The third-order valence-electron chi connectivity index (χ3n) is 3.84. The van der Waals surface area contributed by atoms with Crippen LogP contribution in [-0.2, 0) is 0 Å². The maximum Gasteiger partial charge on any atom is 0.260 e. The van der Waals surface area contributed by atoms with Crippen molar-refractivity contribution in [1.29, 1.82) is 0 Å². The van der Waals surface area contributed by atoms with E-state index in [1.165, 1.54) is 0 Å². The Balaban J connectivity index is 1.73. The molecule has 0 fully saturated rings. The van der Waals surface area contributed by atoms with Gasteiger partial charge in [-0.25, -0.2) is 4.98 Å². The van der Waals surface area contributed by atoms with Gasteiger partial charge in [0.2, 0.25) is 0 Å². The fourth-order valence-corrected chi connectivity index (χ4v) is 2.46.